The maximum Gasteiger partial charge on any atom is 0.282 e. The van der Waals surface area contributed by atoms with Gasteiger partial charge in [-0.15, -0.1) is 0 Å². The highest BCUT2D eigenvalue weighted by atomic mass is 79.9. The topological polar surface area (TPSA) is 42.2 Å². The molecule has 2 aromatic rings. The van der Waals surface area contributed by atoms with Gasteiger partial charge in [0.25, 0.3) is 5.56 Å². The second kappa shape index (κ2) is 6.17. The summed E-state index contributed by atoms with van der Waals surface area (Å²) < 4.78 is 4.34. The Morgan fingerprint density at radius 2 is 1.95 bits per heavy atom. The van der Waals surface area contributed by atoms with Gasteiger partial charge in [0.05, 0.1) is 12.4 Å². The van der Waals surface area contributed by atoms with Crippen LogP contribution in [0.5, 0.6) is 0 Å². The van der Waals surface area contributed by atoms with Crippen molar-refractivity contribution in [1.82, 2.24) is 19.6 Å². The van der Waals surface area contributed by atoms with Crippen molar-refractivity contribution in [2.24, 2.45) is 0 Å². The van der Waals surface area contributed by atoms with Crippen LogP contribution in [0.4, 0.5) is 0 Å². The third kappa shape index (κ3) is 2.97. The highest BCUT2D eigenvalue weighted by Gasteiger charge is 2.16. The minimum atomic E-state index is 0.0109. The average molecular weight is 351 g/mol. The third-order valence-corrected chi connectivity index (χ3v) is 4.38. The maximum atomic E-state index is 12.4. The van der Waals surface area contributed by atoms with E-state index in [1.54, 1.807) is 4.68 Å². The summed E-state index contributed by atoms with van der Waals surface area (Å²) in [5, 5.41) is 3.33. The molecule has 6 heteroatoms. The van der Waals surface area contributed by atoms with Gasteiger partial charge in [0.1, 0.15) is 4.47 Å². The van der Waals surface area contributed by atoms with Crippen molar-refractivity contribution in [3.8, 4) is 5.69 Å². The van der Waals surface area contributed by atoms with Gasteiger partial charge < -0.3 is 5.32 Å². The first-order valence-electron chi connectivity index (χ1n) is 7.14. The summed E-state index contributed by atoms with van der Waals surface area (Å²) in [6.45, 7) is 6.54. The minimum absolute atomic E-state index is 0.0109. The Bertz CT molecular complexity index is 685. The van der Waals surface area contributed by atoms with Crippen LogP contribution < -0.4 is 10.9 Å². The molecular formula is C15H19BrN4O. The van der Waals surface area contributed by atoms with Gasteiger partial charge in [-0.05, 0) is 34.5 Å². The molecule has 1 saturated heterocycles. The van der Waals surface area contributed by atoms with E-state index in [4.69, 9.17) is 0 Å². The van der Waals surface area contributed by atoms with Gasteiger partial charge in [-0.1, -0.05) is 18.2 Å². The number of benzene rings is 1. The molecule has 0 bridgehead atoms. The van der Waals surface area contributed by atoms with E-state index in [1.165, 1.54) is 0 Å². The van der Waals surface area contributed by atoms with Crippen LogP contribution in [0.25, 0.3) is 5.69 Å². The Kier molecular flexibility index (Phi) is 4.28. The Morgan fingerprint density at radius 3 is 2.67 bits per heavy atom. The first kappa shape index (κ1) is 14.6. The normalized spacial score (nSPS) is 16.3. The molecule has 112 valence electrons. The zero-order valence-corrected chi connectivity index (χ0v) is 13.6. The Balaban J connectivity index is 1.99. The molecule has 1 aliphatic rings. The fraction of sp³-hybridized carbons (Fsp3) is 0.400. The Hall–Kier alpha value is -1.37. The van der Waals surface area contributed by atoms with E-state index >= 15 is 0 Å². The summed E-state index contributed by atoms with van der Waals surface area (Å²) in [4.78, 5) is 14.7. The van der Waals surface area contributed by atoms with Crippen LogP contribution in [0.2, 0.25) is 0 Å². The molecule has 0 atom stereocenters. The zero-order valence-electron chi connectivity index (χ0n) is 12.1. The number of hydrogen-bond donors (Lipinski definition) is 1. The predicted molar refractivity (Wildman–Crippen MR) is 86.9 cm³/mol. The molecule has 0 unspecified atom stereocenters. The van der Waals surface area contributed by atoms with Crippen molar-refractivity contribution in [3.05, 3.63) is 50.9 Å². The molecule has 2 heterocycles. The number of para-hydroxylation sites is 1. The van der Waals surface area contributed by atoms with E-state index in [9.17, 15) is 4.79 Å². The van der Waals surface area contributed by atoms with Crippen molar-refractivity contribution < 1.29 is 0 Å². The van der Waals surface area contributed by atoms with Gasteiger partial charge in [0.15, 0.2) is 0 Å². The molecule has 21 heavy (non-hydrogen) atoms. The van der Waals surface area contributed by atoms with Gasteiger partial charge in [0.2, 0.25) is 0 Å². The minimum Gasteiger partial charge on any atom is -0.314 e. The molecule has 5 nitrogen and oxygen atoms in total. The molecule has 0 amide bonds. The molecule has 0 spiro atoms. The highest BCUT2D eigenvalue weighted by molar-refractivity contribution is 9.10. The zero-order chi connectivity index (χ0) is 14.8. The molecule has 1 N–H and O–H groups in total. The van der Waals surface area contributed by atoms with Gasteiger partial charge >= 0.3 is 0 Å². The van der Waals surface area contributed by atoms with E-state index in [0.29, 0.717) is 11.1 Å². The van der Waals surface area contributed by atoms with Gasteiger partial charge in [-0.3, -0.25) is 14.4 Å². The fourth-order valence-corrected chi connectivity index (χ4v) is 3.05. The lowest BCUT2D eigenvalue weighted by Gasteiger charge is -2.28. The maximum absolute atomic E-state index is 12.4. The van der Waals surface area contributed by atoms with Gasteiger partial charge in [0, 0.05) is 32.4 Å². The van der Waals surface area contributed by atoms with Crippen LogP contribution in [-0.2, 0) is 6.67 Å². The highest BCUT2D eigenvalue weighted by Crippen LogP contribution is 2.16. The lowest BCUT2D eigenvalue weighted by molar-refractivity contribution is 0.175. The molecule has 1 fully saturated rings. The Labute approximate surface area is 132 Å². The summed E-state index contributed by atoms with van der Waals surface area (Å²) in [5.41, 5.74) is 2.20. The van der Waals surface area contributed by atoms with Crippen LogP contribution in [0, 0.1) is 6.92 Å². The molecule has 0 aliphatic carbocycles. The van der Waals surface area contributed by atoms with Crippen LogP contribution in [0.3, 0.4) is 0 Å². The van der Waals surface area contributed by atoms with Crippen molar-refractivity contribution >= 4 is 15.9 Å². The Morgan fingerprint density at radius 1 is 1.24 bits per heavy atom. The predicted octanol–water partition coefficient (Wildman–Crippen LogP) is 1.57. The van der Waals surface area contributed by atoms with Crippen molar-refractivity contribution in [2.45, 2.75) is 13.6 Å². The molecule has 1 aromatic carbocycles. The van der Waals surface area contributed by atoms with E-state index in [2.05, 4.69) is 39.1 Å². The van der Waals surface area contributed by atoms with Crippen LogP contribution >= 0.6 is 15.9 Å². The van der Waals surface area contributed by atoms with Crippen LogP contribution in [0.15, 0.2) is 39.7 Å². The second-order valence-corrected chi connectivity index (χ2v) is 6.18. The van der Waals surface area contributed by atoms with E-state index in [1.807, 2.05) is 29.1 Å². The number of rotatable bonds is 3. The quantitative estimate of drug-likeness (QED) is 0.913. The number of halogens is 1. The van der Waals surface area contributed by atoms with Crippen LogP contribution in [-0.4, -0.2) is 40.4 Å². The summed E-state index contributed by atoms with van der Waals surface area (Å²) in [6.07, 6.45) is 1.85. The average Bonchev–Trinajstić information content (AvgIpc) is 2.77. The lowest BCUT2D eigenvalue weighted by atomic mass is 10.2. The summed E-state index contributed by atoms with van der Waals surface area (Å²) >= 11 is 3.37. The summed E-state index contributed by atoms with van der Waals surface area (Å²) in [6, 6.07) is 8.10. The molecule has 3 rings (SSSR count). The van der Waals surface area contributed by atoms with Crippen molar-refractivity contribution in [1.29, 1.82) is 0 Å². The summed E-state index contributed by atoms with van der Waals surface area (Å²) in [5.74, 6) is 0. The largest absolute Gasteiger partial charge is 0.314 e. The number of aromatic nitrogens is 2. The number of nitrogens with zero attached hydrogens (tertiary/aromatic N) is 3. The smallest absolute Gasteiger partial charge is 0.282 e. The molecule has 1 aromatic heterocycles. The molecule has 0 radical (unpaired) electrons. The van der Waals surface area contributed by atoms with Crippen LogP contribution in [0.1, 0.15) is 5.56 Å². The third-order valence-electron chi connectivity index (χ3n) is 3.84. The first-order valence-corrected chi connectivity index (χ1v) is 7.93. The van der Waals surface area contributed by atoms with Crippen molar-refractivity contribution in [2.75, 3.05) is 26.2 Å². The molecular weight excluding hydrogens is 332 g/mol. The molecule has 1 aliphatic heterocycles. The van der Waals surface area contributed by atoms with E-state index in [0.717, 1.165) is 37.4 Å². The standard InChI is InChI=1S/C15H19BrN4O/c1-12-4-2-3-5-14(12)19-10-13(16)15(21)20(19)11-18-8-6-17-7-9-18/h2-5,10,17H,6-9,11H2,1H3. The van der Waals surface area contributed by atoms with Crippen molar-refractivity contribution in [3.63, 3.8) is 0 Å². The SMILES string of the molecule is Cc1ccccc1-n1cc(Br)c(=O)n1CN1CCNCC1. The summed E-state index contributed by atoms with van der Waals surface area (Å²) in [7, 11) is 0. The number of aryl methyl sites for hydroxylation is 1. The van der Waals surface area contributed by atoms with Gasteiger partial charge in [-0.2, -0.15) is 0 Å². The fourth-order valence-electron chi connectivity index (χ4n) is 2.65. The second-order valence-electron chi connectivity index (χ2n) is 5.32. The molecule has 0 saturated carbocycles. The number of piperazine rings is 1. The van der Waals surface area contributed by atoms with Gasteiger partial charge in [-0.25, -0.2) is 4.68 Å². The van der Waals surface area contributed by atoms with E-state index in [-0.39, 0.29) is 5.56 Å². The number of hydrogen-bond acceptors (Lipinski definition) is 3. The number of nitrogens with one attached hydrogen (secondary N) is 1. The van der Waals surface area contributed by atoms with E-state index < -0.39 is 0 Å². The monoisotopic (exact) mass is 350 g/mol. The first-order chi connectivity index (χ1) is 10.2. The lowest BCUT2D eigenvalue weighted by Crippen LogP contribution is -2.46.